The van der Waals surface area contributed by atoms with Crippen LogP contribution in [0.25, 0.3) is 0 Å². The molecule has 0 aliphatic carbocycles. The van der Waals surface area contributed by atoms with Crippen LogP contribution in [0.1, 0.15) is 37.6 Å². The molecule has 0 radical (unpaired) electrons. The lowest BCUT2D eigenvalue weighted by Crippen LogP contribution is -2.12. The molecular weight excluding hydrogens is 228 g/mol. The van der Waals surface area contributed by atoms with Gasteiger partial charge < -0.3 is 11.1 Å². The Morgan fingerprint density at radius 3 is 2.94 bits per heavy atom. The Morgan fingerprint density at radius 1 is 1.56 bits per heavy atom. The second kappa shape index (κ2) is 5.12. The second-order valence-corrected chi connectivity index (χ2v) is 4.47. The van der Waals surface area contributed by atoms with E-state index in [9.17, 15) is 0 Å². The van der Waals surface area contributed by atoms with Gasteiger partial charge in [0.2, 0.25) is 0 Å². The summed E-state index contributed by atoms with van der Waals surface area (Å²) in [5, 5.41) is 14.6. The lowest BCUT2D eigenvalue weighted by Gasteiger charge is -2.15. The zero-order chi connectivity index (χ0) is 13.1. The number of aromatic amines is 1. The third kappa shape index (κ3) is 2.32. The number of nitrogens with one attached hydrogen (secondary N) is 2. The van der Waals surface area contributed by atoms with Crippen LogP contribution in [0, 0.1) is 6.92 Å². The van der Waals surface area contributed by atoms with Gasteiger partial charge in [-0.15, -0.1) is 0 Å². The molecule has 0 saturated heterocycles. The molecule has 2 aromatic rings. The first-order chi connectivity index (χ1) is 8.63. The van der Waals surface area contributed by atoms with Crippen molar-refractivity contribution >= 4 is 11.5 Å². The van der Waals surface area contributed by atoms with Gasteiger partial charge in [-0.05, 0) is 20.3 Å². The molecule has 0 bridgehead atoms. The molecule has 98 valence electrons. The number of hydrogen-bond acceptors (Lipinski definition) is 4. The summed E-state index contributed by atoms with van der Waals surface area (Å²) in [7, 11) is 0. The smallest absolute Gasteiger partial charge is 0.148 e. The molecule has 6 nitrogen and oxygen atoms in total. The average Bonchev–Trinajstić information content (AvgIpc) is 2.94. The molecule has 2 heterocycles. The van der Waals surface area contributed by atoms with Gasteiger partial charge in [0.15, 0.2) is 0 Å². The topological polar surface area (TPSA) is 84.6 Å². The number of aromatic nitrogens is 4. The second-order valence-electron chi connectivity index (χ2n) is 4.47. The van der Waals surface area contributed by atoms with Gasteiger partial charge in [-0.2, -0.15) is 10.2 Å². The Morgan fingerprint density at radius 2 is 2.33 bits per heavy atom. The van der Waals surface area contributed by atoms with Crippen molar-refractivity contribution in [3.8, 4) is 0 Å². The van der Waals surface area contributed by atoms with Crippen LogP contribution < -0.4 is 11.1 Å². The minimum absolute atomic E-state index is 0.137. The van der Waals surface area contributed by atoms with Crippen LogP contribution in [0.5, 0.6) is 0 Å². The summed E-state index contributed by atoms with van der Waals surface area (Å²) in [5.74, 6) is 0.892. The zero-order valence-electron chi connectivity index (χ0n) is 11.1. The van der Waals surface area contributed by atoms with Crippen LogP contribution in [-0.2, 0) is 6.54 Å². The van der Waals surface area contributed by atoms with E-state index in [1.54, 1.807) is 6.20 Å². The van der Waals surface area contributed by atoms with Gasteiger partial charge in [0.25, 0.3) is 0 Å². The highest BCUT2D eigenvalue weighted by Gasteiger charge is 2.15. The molecule has 18 heavy (non-hydrogen) atoms. The highest BCUT2D eigenvalue weighted by molar-refractivity contribution is 5.65. The Kier molecular flexibility index (Phi) is 3.55. The van der Waals surface area contributed by atoms with Crippen LogP contribution in [0.3, 0.4) is 0 Å². The summed E-state index contributed by atoms with van der Waals surface area (Å²) in [6, 6.07) is 0.137. The zero-order valence-corrected chi connectivity index (χ0v) is 11.1. The van der Waals surface area contributed by atoms with Crippen LogP contribution in [0.15, 0.2) is 12.4 Å². The standard InChI is InChI=1S/C12H20N6/c1-4-5-18-12(11(13)9(3)17-18)16-8(2)10-6-14-15-7-10/h6-8,16H,4-5,13H2,1-3H3,(H,14,15). The highest BCUT2D eigenvalue weighted by Crippen LogP contribution is 2.26. The molecule has 0 saturated carbocycles. The molecule has 0 aromatic carbocycles. The average molecular weight is 248 g/mol. The van der Waals surface area contributed by atoms with Crippen molar-refractivity contribution in [2.45, 2.75) is 39.8 Å². The fourth-order valence-corrected chi connectivity index (χ4v) is 1.91. The van der Waals surface area contributed by atoms with E-state index >= 15 is 0 Å². The van der Waals surface area contributed by atoms with Crippen molar-refractivity contribution in [2.75, 3.05) is 11.1 Å². The Balaban J connectivity index is 2.22. The number of hydrogen-bond donors (Lipinski definition) is 3. The maximum Gasteiger partial charge on any atom is 0.148 e. The number of rotatable bonds is 5. The summed E-state index contributed by atoms with van der Waals surface area (Å²) in [5.41, 5.74) is 8.75. The summed E-state index contributed by atoms with van der Waals surface area (Å²) in [6.07, 6.45) is 4.71. The van der Waals surface area contributed by atoms with E-state index in [2.05, 4.69) is 34.5 Å². The summed E-state index contributed by atoms with van der Waals surface area (Å²) in [4.78, 5) is 0. The van der Waals surface area contributed by atoms with Gasteiger partial charge in [-0.1, -0.05) is 6.92 Å². The van der Waals surface area contributed by atoms with E-state index in [1.807, 2.05) is 17.8 Å². The van der Waals surface area contributed by atoms with E-state index in [4.69, 9.17) is 5.73 Å². The van der Waals surface area contributed by atoms with Crippen molar-refractivity contribution in [3.05, 3.63) is 23.7 Å². The molecule has 1 atom stereocenters. The van der Waals surface area contributed by atoms with Crippen LogP contribution >= 0.6 is 0 Å². The van der Waals surface area contributed by atoms with E-state index < -0.39 is 0 Å². The van der Waals surface area contributed by atoms with Crippen molar-refractivity contribution in [1.29, 1.82) is 0 Å². The largest absolute Gasteiger partial charge is 0.394 e. The van der Waals surface area contributed by atoms with E-state index in [0.29, 0.717) is 0 Å². The van der Waals surface area contributed by atoms with Crippen molar-refractivity contribution < 1.29 is 0 Å². The maximum atomic E-state index is 6.07. The van der Waals surface area contributed by atoms with Gasteiger partial charge in [-0.25, -0.2) is 4.68 Å². The lowest BCUT2D eigenvalue weighted by molar-refractivity contribution is 0.599. The number of nitrogens with two attached hydrogens (primary N) is 1. The molecule has 1 unspecified atom stereocenters. The molecule has 4 N–H and O–H groups in total. The normalized spacial score (nSPS) is 12.6. The Labute approximate surface area is 107 Å². The van der Waals surface area contributed by atoms with Crippen molar-refractivity contribution in [2.24, 2.45) is 0 Å². The summed E-state index contributed by atoms with van der Waals surface area (Å²) >= 11 is 0. The van der Waals surface area contributed by atoms with Crippen molar-refractivity contribution in [3.63, 3.8) is 0 Å². The Bertz CT molecular complexity index is 499. The third-order valence-corrected chi connectivity index (χ3v) is 2.98. The lowest BCUT2D eigenvalue weighted by atomic mass is 10.2. The van der Waals surface area contributed by atoms with Gasteiger partial charge in [0, 0.05) is 18.3 Å². The minimum atomic E-state index is 0.137. The number of nitrogens with zero attached hydrogens (tertiary/aromatic N) is 3. The number of anilines is 2. The van der Waals surface area contributed by atoms with Crippen LogP contribution in [-0.4, -0.2) is 20.0 Å². The van der Waals surface area contributed by atoms with Crippen LogP contribution in [0.2, 0.25) is 0 Å². The highest BCUT2D eigenvalue weighted by atomic mass is 15.3. The monoisotopic (exact) mass is 248 g/mol. The molecule has 2 rings (SSSR count). The van der Waals surface area contributed by atoms with Gasteiger partial charge in [0.05, 0.1) is 23.6 Å². The number of nitrogen functional groups attached to an aromatic ring is 1. The van der Waals surface area contributed by atoms with Crippen LogP contribution in [0.4, 0.5) is 11.5 Å². The first-order valence-electron chi connectivity index (χ1n) is 6.21. The molecule has 0 aliphatic heterocycles. The molecule has 2 aromatic heterocycles. The molecule has 0 spiro atoms. The SMILES string of the molecule is CCCn1nc(C)c(N)c1NC(C)c1cn[nH]c1. The molecular formula is C12H20N6. The van der Waals surface area contributed by atoms with E-state index in [0.717, 1.165) is 35.7 Å². The quantitative estimate of drug-likeness (QED) is 0.756. The molecule has 6 heteroatoms. The first kappa shape index (κ1) is 12.5. The van der Waals surface area contributed by atoms with E-state index in [-0.39, 0.29) is 6.04 Å². The minimum Gasteiger partial charge on any atom is -0.394 e. The molecule has 0 amide bonds. The van der Waals surface area contributed by atoms with Crippen molar-refractivity contribution in [1.82, 2.24) is 20.0 Å². The number of aryl methyl sites for hydroxylation is 2. The predicted molar refractivity (Wildman–Crippen MR) is 72.3 cm³/mol. The number of H-pyrrole nitrogens is 1. The van der Waals surface area contributed by atoms with Gasteiger partial charge in [0.1, 0.15) is 5.82 Å². The van der Waals surface area contributed by atoms with Gasteiger partial charge in [-0.3, -0.25) is 5.10 Å². The molecule has 0 fully saturated rings. The molecule has 0 aliphatic rings. The maximum absolute atomic E-state index is 6.07. The van der Waals surface area contributed by atoms with E-state index in [1.165, 1.54) is 0 Å². The van der Waals surface area contributed by atoms with Gasteiger partial charge >= 0.3 is 0 Å². The third-order valence-electron chi connectivity index (χ3n) is 2.98. The fraction of sp³-hybridized carbons (Fsp3) is 0.500. The fourth-order valence-electron chi connectivity index (χ4n) is 1.91. The Hall–Kier alpha value is -1.98. The summed E-state index contributed by atoms with van der Waals surface area (Å²) in [6.45, 7) is 6.98. The summed E-state index contributed by atoms with van der Waals surface area (Å²) < 4.78 is 1.93. The first-order valence-corrected chi connectivity index (χ1v) is 6.21. The predicted octanol–water partition coefficient (Wildman–Crippen LogP) is 2.08.